The highest BCUT2D eigenvalue weighted by atomic mass is 15.0. The van der Waals surface area contributed by atoms with Gasteiger partial charge >= 0.3 is 0 Å². The SMILES string of the molecule is CN=C(N)N=C(N)c1cccc(-c2cc(-c3ccccc3)cc(-c3ccccc3)c2)c1. The molecule has 0 spiro atoms. The fraction of sp³-hybridized carbons (Fsp3) is 0.0370. The Kier molecular flexibility index (Phi) is 5.90. The van der Waals surface area contributed by atoms with Gasteiger partial charge in [0.05, 0.1) is 0 Å². The molecule has 0 saturated heterocycles. The summed E-state index contributed by atoms with van der Waals surface area (Å²) in [6, 6.07) is 35.4. The molecule has 0 bridgehead atoms. The van der Waals surface area contributed by atoms with E-state index < -0.39 is 0 Å². The minimum absolute atomic E-state index is 0.153. The standard InChI is InChI=1S/C27H24N4/c1-30-27(29)31-26(28)22-14-8-13-21(15-22)25-17-23(19-9-4-2-5-10-19)16-24(18-25)20-11-6-3-7-12-20/h2-18H,1H3,(H4,28,29,30,31). The Morgan fingerprint density at radius 2 is 1.03 bits per heavy atom. The fourth-order valence-electron chi connectivity index (χ4n) is 3.48. The van der Waals surface area contributed by atoms with Gasteiger partial charge in [-0.05, 0) is 57.6 Å². The molecule has 4 aromatic carbocycles. The van der Waals surface area contributed by atoms with Crippen LogP contribution in [0.1, 0.15) is 5.56 Å². The quantitative estimate of drug-likeness (QED) is 0.356. The Morgan fingerprint density at radius 1 is 0.548 bits per heavy atom. The van der Waals surface area contributed by atoms with Gasteiger partial charge in [-0.1, -0.05) is 78.9 Å². The Morgan fingerprint density at radius 3 is 1.55 bits per heavy atom. The third kappa shape index (κ3) is 4.70. The third-order valence-electron chi connectivity index (χ3n) is 5.10. The van der Waals surface area contributed by atoms with Crippen molar-refractivity contribution >= 4 is 11.8 Å². The maximum atomic E-state index is 6.15. The van der Waals surface area contributed by atoms with Gasteiger partial charge in [0, 0.05) is 12.6 Å². The Hall–Kier alpha value is -4.18. The lowest BCUT2D eigenvalue weighted by atomic mass is 9.93. The van der Waals surface area contributed by atoms with Crippen molar-refractivity contribution < 1.29 is 0 Å². The first-order valence-corrected chi connectivity index (χ1v) is 10.1. The largest absolute Gasteiger partial charge is 0.383 e. The maximum Gasteiger partial charge on any atom is 0.217 e. The predicted octanol–water partition coefficient (Wildman–Crippen LogP) is 5.34. The summed E-state index contributed by atoms with van der Waals surface area (Å²) < 4.78 is 0. The summed E-state index contributed by atoms with van der Waals surface area (Å²) in [5.74, 6) is 0.493. The minimum atomic E-state index is 0.153. The molecule has 0 radical (unpaired) electrons. The van der Waals surface area contributed by atoms with Crippen LogP contribution >= 0.6 is 0 Å². The molecule has 0 amide bonds. The number of amidine groups is 1. The number of aliphatic imine (C=N–C) groups is 2. The second kappa shape index (κ2) is 9.09. The minimum Gasteiger partial charge on any atom is -0.383 e. The molecule has 0 heterocycles. The smallest absolute Gasteiger partial charge is 0.217 e. The monoisotopic (exact) mass is 404 g/mol. The van der Waals surface area contributed by atoms with E-state index in [9.17, 15) is 0 Å². The highest BCUT2D eigenvalue weighted by Gasteiger charge is 2.09. The van der Waals surface area contributed by atoms with Crippen molar-refractivity contribution in [3.63, 3.8) is 0 Å². The average Bonchev–Trinajstić information content (AvgIpc) is 2.84. The zero-order valence-corrected chi connectivity index (χ0v) is 17.4. The van der Waals surface area contributed by atoms with E-state index in [4.69, 9.17) is 11.5 Å². The molecule has 4 nitrogen and oxygen atoms in total. The molecular weight excluding hydrogens is 380 g/mol. The second-order valence-corrected chi connectivity index (χ2v) is 7.19. The van der Waals surface area contributed by atoms with E-state index in [1.807, 2.05) is 30.3 Å². The van der Waals surface area contributed by atoms with Gasteiger partial charge in [-0.15, -0.1) is 0 Å². The van der Waals surface area contributed by atoms with Crippen LogP contribution in [-0.2, 0) is 0 Å². The first-order chi connectivity index (χ1) is 15.1. The second-order valence-electron chi connectivity index (χ2n) is 7.19. The van der Waals surface area contributed by atoms with Crippen molar-refractivity contribution in [3.05, 3.63) is 109 Å². The molecule has 0 unspecified atom stereocenters. The lowest BCUT2D eigenvalue weighted by Gasteiger charge is -2.12. The average molecular weight is 405 g/mol. The van der Waals surface area contributed by atoms with Gasteiger partial charge in [0.2, 0.25) is 5.96 Å². The van der Waals surface area contributed by atoms with E-state index in [0.717, 1.165) is 27.8 Å². The van der Waals surface area contributed by atoms with Crippen molar-refractivity contribution in [2.75, 3.05) is 7.05 Å². The van der Waals surface area contributed by atoms with Gasteiger partial charge in [0.25, 0.3) is 0 Å². The zero-order valence-electron chi connectivity index (χ0n) is 17.4. The predicted molar refractivity (Wildman–Crippen MR) is 131 cm³/mol. The summed E-state index contributed by atoms with van der Waals surface area (Å²) in [6.07, 6.45) is 0. The van der Waals surface area contributed by atoms with Gasteiger partial charge in [-0.25, -0.2) is 0 Å². The van der Waals surface area contributed by atoms with E-state index >= 15 is 0 Å². The summed E-state index contributed by atoms with van der Waals surface area (Å²) in [4.78, 5) is 8.00. The van der Waals surface area contributed by atoms with Gasteiger partial charge in [0.15, 0.2) is 0 Å². The highest BCUT2D eigenvalue weighted by Crippen LogP contribution is 2.33. The van der Waals surface area contributed by atoms with Crippen molar-refractivity contribution in [1.29, 1.82) is 0 Å². The van der Waals surface area contributed by atoms with Crippen LogP contribution in [0.3, 0.4) is 0 Å². The number of nitrogens with two attached hydrogens (primary N) is 2. The van der Waals surface area contributed by atoms with E-state index in [1.165, 1.54) is 11.1 Å². The fourth-order valence-corrected chi connectivity index (χ4v) is 3.48. The lowest BCUT2D eigenvalue weighted by molar-refractivity contribution is 1.34. The first kappa shape index (κ1) is 20.1. The van der Waals surface area contributed by atoms with Crippen LogP contribution in [0.5, 0.6) is 0 Å². The molecule has 4 aromatic rings. The van der Waals surface area contributed by atoms with Crippen molar-refractivity contribution in [2.24, 2.45) is 21.5 Å². The van der Waals surface area contributed by atoms with Crippen LogP contribution in [0.2, 0.25) is 0 Å². The van der Waals surface area contributed by atoms with Crippen molar-refractivity contribution in [3.8, 4) is 33.4 Å². The first-order valence-electron chi connectivity index (χ1n) is 10.1. The molecule has 31 heavy (non-hydrogen) atoms. The van der Waals surface area contributed by atoms with Gasteiger partial charge < -0.3 is 11.5 Å². The van der Waals surface area contributed by atoms with E-state index in [-0.39, 0.29) is 5.96 Å². The summed E-state index contributed by atoms with van der Waals surface area (Å²) >= 11 is 0. The van der Waals surface area contributed by atoms with Crippen LogP contribution in [0, 0.1) is 0 Å². The number of rotatable bonds is 4. The molecule has 0 aromatic heterocycles. The molecule has 0 saturated carbocycles. The Bertz CT molecular complexity index is 1180. The molecule has 0 atom stereocenters. The molecule has 0 aliphatic carbocycles. The highest BCUT2D eigenvalue weighted by molar-refractivity contribution is 6.05. The summed E-state index contributed by atoms with van der Waals surface area (Å²) in [5, 5.41) is 0. The molecule has 152 valence electrons. The molecule has 0 aliphatic rings. The van der Waals surface area contributed by atoms with Crippen LogP contribution < -0.4 is 11.5 Å². The normalized spacial score (nSPS) is 12.0. The lowest BCUT2D eigenvalue weighted by Crippen LogP contribution is -2.19. The van der Waals surface area contributed by atoms with Crippen LogP contribution in [0.4, 0.5) is 0 Å². The van der Waals surface area contributed by atoms with E-state index in [1.54, 1.807) is 7.05 Å². The van der Waals surface area contributed by atoms with Crippen molar-refractivity contribution in [1.82, 2.24) is 0 Å². The summed E-state index contributed by atoms with van der Waals surface area (Å²) in [5.41, 5.74) is 19.5. The molecule has 0 aliphatic heterocycles. The third-order valence-corrected chi connectivity index (χ3v) is 5.10. The van der Waals surface area contributed by atoms with E-state index in [2.05, 4.69) is 82.8 Å². The summed E-state index contributed by atoms with van der Waals surface area (Å²) in [6.45, 7) is 0. The van der Waals surface area contributed by atoms with E-state index in [0.29, 0.717) is 5.84 Å². The number of nitrogens with zero attached hydrogens (tertiary/aromatic N) is 2. The van der Waals surface area contributed by atoms with Crippen LogP contribution in [0.15, 0.2) is 113 Å². The van der Waals surface area contributed by atoms with Gasteiger partial charge in [-0.2, -0.15) is 4.99 Å². The van der Waals surface area contributed by atoms with Gasteiger partial charge in [0.1, 0.15) is 5.84 Å². The Balaban J connectivity index is 1.85. The molecule has 4 heteroatoms. The van der Waals surface area contributed by atoms with Crippen molar-refractivity contribution in [2.45, 2.75) is 0 Å². The molecule has 4 N–H and O–H groups in total. The number of guanidine groups is 1. The maximum absolute atomic E-state index is 6.15. The number of benzene rings is 4. The molecule has 4 rings (SSSR count). The zero-order chi connectivity index (χ0) is 21.6. The molecule has 0 fully saturated rings. The number of hydrogen-bond donors (Lipinski definition) is 2. The number of hydrogen-bond acceptors (Lipinski definition) is 1. The van der Waals surface area contributed by atoms with Gasteiger partial charge in [-0.3, -0.25) is 4.99 Å². The summed E-state index contributed by atoms with van der Waals surface area (Å²) in [7, 11) is 1.59. The van der Waals surface area contributed by atoms with Crippen LogP contribution in [-0.4, -0.2) is 18.8 Å². The topological polar surface area (TPSA) is 76.8 Å². The molecular formula is C27H24N4. The van der Waals surface area contributed by atoms with Crippen LogP contribution in [0.25, 0.3) is 33.4 Å². The Labute approximate surface area is 182 Å².